The lowest BCUT2D eigenvalue weighted by Crippen LogP contribution is -2.40. The van der Waals surface area contributed by atoms with Crippen LogP contribution in [-0.2, 0) is 9.47 Å². The van der Waals surface area contributed by atoms with E-state index in [1.165, 1.54) is 11.3 Å². The van der Waals surface area contributed by atoms with Gasteiger partial charge in [-0.2, -0.15) is 4.98 Å². The maximum Gasteiger partial charge on any atom is 0.350 e. The number of ether oxygens (including phenoxy) is 2. The molecule has 0 spiro atoms. The predicted octanol–water partition coefficient (Wildman–Crippen LogP) is 3.26. The molecule has 2 aliphatic rings. The lowest BCUT2D eigenvalue weighted by molar-refractivity contribution is 0.0303. The molecule has 4 heterocycles. The minimum atomic E-state index is -0.408. The Morgan fingerprint density at radius 2 is 1.82 bits per heavy atom. The van der Waals surface area contributed by atoms with Crippen LogP contribution in [0.25, 0.3) is 11.3 Å². The number of thiazole rings is 1. The molecule has 3 aromatic rings. The Labute approximate surface area is 230 Å². The molecule has 12 heteroatoms. The highest BCUT2D eigenvalue weighted by atomic mass is 32.1. The zero-order valence-corrected chi connectivity index (χ0v) is 22.9. The van der Waals surface area contributed by atoms with Crippen LogP contribution in [0.4, 0.5) is 16.9 Å². The molecule has 2 saturated heterocycles. The SMILES string of the molecule is CCOC(=O)c1sc(Nc2nc(-c3ccc(C(=O)N4CCOCC4)cc3)cc(N3CCC(O)CC3)n2)nc1C. The van der Waals surface area contributed by atoms with Gasteiger partial charge in [0.2, 0.25) is 5.95 Å². The van der Waals surface area contributed by atoms with Gasteiger partial charge in [0.25, 0.3) is 5.91 Å². The number of anilines is 3. The average molecular weight is 553 g/mol. The first-order chi connectivity index (χ1) is 18.9. The van der Waals surface area contributed by atoms with Crippen LogP contribution in [0.3, 0.4) is 0 Å². The van der Waals surface area contributed by atoms with E-state index in [-0.39, 0.29) is 18.6 Å². The molecule has 1 aromatic carbocycles. The summed E-state index contributed by atoms with van der Waals surface area (Å²) in [5.74, 6) is 0.640. The van der Waals surface area contributed by atoms with Crippen LogP contribution in [0.1, 0.15) is 45.5 Å². The van der Waals surface area contributed by atoms with Crippen molar-refractivity contribution < 1.29 is 24.2 Å². The molecule has 5 rings (SSSR count). The largest absolute Gasteiger partial charge is 0.462 e. The Balaban J connectivity index is 1.43. The van der Waals surface area contributed by atoms with Gasteiger partial charge in [-0.3, -0.25) is 10.1 Å². The van der Waals surface area contributed by atoms with E-state index in [9.17, 15) is 14.7 Å². The molecule has 2 aliphatic heterocycles. The van der Waals surface area contributed by atoms with E-state index in [4.69, 9.17) is 19.4 Å². The number of morpholine rings is 1. The molecule has 0 bridgehead atoms. The first kappa shape index (κ1) is 27.0. The minimum Gasteiger partial charge on any atom is -0.462 e. The molecule has 0 aliphatic carbocycles. The third-order valence-corrected chi connectivity index (χ3v) is 7.76. The highest BCUT2D eigenvalue weighted by Crippen LogP contribution is 2.30. The van der Waals surface area contributed by atoms with Crippen LogP contribution >= 0.6 is 11.3 Å². The van der Waals surface area contributed by atoms with Crippen LogP contribution in [0.5, 0.6) is 0 Å². The fraction of sp³-hybridized carbons (Fsp3) is 0.444. The second kappa shape index (κ2) is 12.1. The minimum absolute atomic E-state index is 0.0148. The van der Waals surface area contributed by atoms with E-state index in [2.05, 4.69) is 15.2 Å². The van der Waals surface area contributed by atoms with E-state index in [0.29, 0.717) is 85.1 Å². The van der Waals surface area contributed by atoms with Gasteiger partial charge in [0.05, 0.1) is 37.3 Å². The van der Waals surface area contributed by atoms with E-state index in [0.717, 1.165) is 11.4 Å². The van der Waals surface area contributed by atoms with Gasteiger partial charge >= 0.3 is 5.97 Å². The monoisotopic (exact) mass is 552 g/mol. The maximum absolute atomic E-state index is 12.9. The van der Waals surface area contributed by atoms with E-state index >= 15 is 0 Å². The number of carbonyl (C=O) groups excluding carboxylic acids is 2. The molecule has 2 fully saturated rings. The zero-order chi connectivity index (χ0) is 27.4. The van der Waals surface area contributed by atoms with Gasteiger partial charge in [0, 0.05) is 43.4 Å². The van der Waals surface area contributed by atoms with Crippen molar-refractivity contribution in [3.05, 3.63) is 46.5 Å². The number of aliphatic hydroxyl groups excluding tert-OH is 1. The van der Waals surface area contributed by atoms with Gasteiger partial charge < -0.3 is 24.4 Å². The van der Waals surface area contributed by atoms with Crippen LogP contribution < -0.4 is 10.2 Å². The molecule has 206 valence electrons. The van der Waals surface area contributed by atoms with Gasteiger partial charge in [-0.25, -0.2) is 14.8 Å². The number of esters is 1. The summed E-state index contributed by atoms with van der Waals surface area (Å²) in [5, 5.41) is 13.6. The Hall–Kier alpha value is -3.61. The van der Waals surface area contributed by atoms with Crippen LogP contribution in [0.15, 0.2) is 30.3 Å². The number of nitrogens with zero attached hydrogens (tertiary/aromatic N) is 5. The normalized spacial score (nSPS) is 16.3. The Morgan fingerprint density at radius 3 is 2.51 bits per heavy atom. The van der Waals surface area contributed by atoms with Crippen molar-refractivity contribution in [2.45, 2.75) is 32.8 Å². The first-order valence-corrected chi connectivity index (χ1v) is 13.9. The molecule has 0 atom stereocenters. The molecule has 39 heavy (non-hydrogen) atoms. The number of benzene rings is 1. The predicted molar refractivity (Wildman–Crippen MR) is 148 cm³/mol. The summed E-state index contributed by atoms with van der Waals surface area (Å²) in [4.78, 5) is 43.4. The number of aromatic nitrogens is 3. The number of hydrogen-bond donors (Lipinski definition) is 2. The summed E-state index contributed by atoms with van der Waals surface area (Å²) in [6.07, 6.45) is 1.01. The van der Waals surface area contributed by atoms with Crippen molar-refractivity contribution in [2.24, 2.45) is 0 Å². The Kier molecular flexibility index (Phi) is 8.34. The van der Waals surface area contributed by atoms with Crippen LogP contribution in [0.2, 0.25) is 0 Å². The fourth-order valence-corrected chi connectivity index (χ4v) is 5.41. The molecule has 2 N–H and O–H groups in total. The van der Waals surface area contributed by atoms with Crippen molar-refractivity contribution in [1.29, 1.82) is 0 Å². The summed E-state index contributed by atoms with van der Waals surface area (Å²) in [5.41, 5.74) is 2.70. The van der Waals surface area contributed by atoms with Crippen molar-refractivity contribution in [1.82, 2.24) is 19.9 Å². The van der Waals surface area contributed by atoms with Gasteiger partial charge in [-0.1, -0.05) is 23.5 Å². The average Bonchev–Trinajstić information content (AvgIpc) is 3.33. The second-order valence-corrected chi connectivity index (χ2v) is 10.4. The molecule has 1 amide bonds. The topological polar surface area (TPSA) is 130 Å². The Bertz CT molecular complexity index is 1320. The Morgan fingerprint density at radius 1 is 1.10 bits per heavy atom. The molecule has 0 unspecified atom stereocenters. The molecular weight excluding hydrogens is 520 g/mol. The van der Waals surface area contributed by atoms with Crippen molar-refractivity contribution >= 4 is 40.1 Å². The quantitative estimate of drug-likeness (QED) is 0.421. The summed E-state index contributed by atoms with van der Waals surface area (Å²) in [6, 6.07) is 9.31. The number of rotatable bonds is 7. The number of nitrogens with one attached hydrogen (secondary N) is 1. The summed E-state index contributed by atoms with van der Waals surface area (Å²) in [6.45, 7) is 7.44. The summed E-state index contributed by atoms with van der Waals surface area (Å²) >= 11 is 1.19. The number of carbonyl (C=O) groups is 2. The fourth-order valence-electron chi connectivity index (χ4n) is 4.56. The van der Waals surface area contributed by atoms with Gasteiger partial charge in [-0.05, 0) is 38.8 Å². The van der Waals surface area contributed by atoms with E-state index < -0.39 is 5.97 Å². The number of piperidine rings is 1. The van der Waals surface area contributed by atoms with Gasteiger partial charge in [-0.15, -0.1) is 0 Å². The number of aliphatic hydroxyl groups is 1. The van der Waals surface area contributed by atoms with Crippen molar-refractivity contribution in [3.8, 4) is 11.3 Å². The summed E-state index contributed by atoms with van der Waals surface area (Å²) in [7, 11) is 0. The number of amides is 1. The van der Waals surface area contributed by atoms with Crippen molar-refractivity contribution in [2.75, 3.05) is 56.2 Å². The number of aryl methyl sites for hydroxylation is 1. The zero-order valence-electron chi connectivity index (χ0n) is 22.1. The third-order valence-electron chi connectivity index (χ3n) is 6.70. The lowest BCUT2D eigenvalue weighted by atomic mass is 10.1. The third kappa shape index (κ3) is 6.35. The summed E-state index contributed by atoms with van der Waals surface area (Å²) < 4.78 is 10.5. The second-order valence-electron chi connectivity index (χ2n) is 9.41. The lowest BCUT2D eigenvalue weighted by Gasteiger charge is -2.30. The van der Waals surface area contributed by atoms with E-state index in [1.54, 1.807) is 18.7 Å². The smallest absolute Gasteiger partial charge is 0.350 e. The highest BCUT2D eigenvalue weighted by molar-refractivity contribution is 7.17. The van der Waals surface area contributed by atoms with Gasteiger partial charge in [0.1, 0.15) is 10.7 Å². The highest BCUT2D eigenvalue weighted by Gasteiger charge is 2.22. The molecule has 0 saturated carbocycles. The van der Waals surface area contributed by atoms with Crippen molar-refractivity contribution in [3.63, 3.8) is 0 Å². The van der Waals surface area contributed by atoms with Crippen LogP contribution in [-0.4, -0.2) is 88.9 Å². The molecule has 11 nitrogen and oxygen atoms in total. The van der Waals surface area contributed by atoms with Crippen LogP contribution in [0, 0.1) is 6.92 Å². The molecule has 2 aromatic heterocycles. The maximum atomic E-state index is 12.9. The standard InChI is InChI=1S/C27H32N6O5S/c1-3-38-25(36)23-17(2)28-27(39-23)31-26-29-21(16-22(30-26)32-10-8-20(34)9-11-32)18-4-6-19(7-5-18)24(35)33-12-14-37-15-13-33/h4-7,16,20,34H,3,8-15H2,1-2H3,(H,28,29,30,31). The first-order valence-electron chi connectivity index (χ1n) is 13.1. The number of hydrogen-bond acceptors (Lipinski definition) is 11. The van der Waals surface area contributed by atoms with E-state index in [1.807, 2.05) is 30.3 Å². The molecule has 0 radical (unpaired) electrons. The molecular formula is C27H32N6O5S. The van der Waals surface area contributed by atoms with Gasteiger partial charge in [0.15, 0.2) is 5.13 Å².